The SMILES string of the molecule is Cc1cccc(C(Nc2ccccc2F)C(N)=O)c1C. The zero-order chi connectivity index (χ0) is 14.7. The van der Waals surface area contributed by atoms with Crippen molar-refractivity contribution in [3.8, 4) is 0 Å². The highest BCUT2D eigenvalue weighted by Gasteiger charge is 2.21. The molecule has 0 spiro atoms. The van der Waals surface area contributed by atoms with Crippen molar-refractivity contribution in [2.24, 2.45) is 5.73 Å². The average molecular weight is 272 g/mol. The van der Waals surface area contributed by atoms with Crippen LogP contribution in [0.4, 0.5) is 10.1 Å². The van der Waals surface area contributed by atoms with Gasteiger partial charge in [0.1, 0.15) is 11.9 Å². The molecular weight excluding hydrogens is 255 g/mol. The van der Waals surface area contributed by atoms with Gasteiger partial charge in [-0.25, -0.2) is 4.39 Å². The highest BCUT2D eigenvalue weighted by molar-refractivity contribution is 5.85. The van der Waals surface area contributed by atoms with Gasteiger partial charge in [-0.3, -0.25) is 4.79 Å². The fourth-order valence-corrected chi connectivity index (χ4v) is 2.12. The summed E-state index contributed by atoms with van der Waals surface area (Å²) in [5.41, 5.74) is 8.52. The van der Waals surface area contributed by atoms with Gasteiger partial charge in [0.15, 0.2) is 0 Å². The third kappa shape index (κ3) is 2.79. The third-order valence-corrected chi connectivity index (χ3v) is 3.42. The van der Waals surface area contributed by atoms with E-state index in [1.54, 1.807) is 18.2 Å². The number of primary amides is 1. The summed E-state index contributed by atoms with van der Waals surface area (Å²) in [5.74, 6) is -0.953. The first-order valence-electron chi connectivity index (χ1n) is 6.37. The normalized spacial score (nSPS) is 11.9. The van der Waals surface area contributed by atoms with Crippen LogP contribution in [0.15, 0.2) is 42.5 Å². The molecule has 0 heterocycles. The number of carbonyl (C=O) groups is 1. The number of rotatable bonds is 4. The van der Waals surface area contributed by atoms with Crippen LogP contribution in [0.2, 0.25) is 0 Å². The molecule has 2 aromatic rings. The number of para-hydroxylation sites is 1. The summed E-state index contributed by atoms with van der Waals surface area (Å²) in [6.45, 7) is 3.88. The molecule has 4 heteroatoms. The molecule has 0 fully saturated rings. The molecule has 1 unspecified atom stereocenters. The summed E-state index contributed by atoms with van der Waals surface area (Å²) in [6.07, 6.45) is 0. The Morgan fingerprint density at radius 3 is 2.50 bits per heavy atom. The summed E-state index contributed by atoms with van der Waals surface area (Å²) in [7, 11) is 0. The molecular formula is C16H17FN2O. The lowest BCUT2D eigenvalue weighted by molar-refractivity contribution is -0.118. The summed E-state index contributed by atoms with van der Waals surface area (Å²) < 4.78 is 13.7. The van der Waals surface area contributed by atoms with E-state index in [2.05, 4.69) is 5.32 Å². The van der Waals surface area contributed by atoms with Crippen LogP contribution >= 0.6 is 0 Å². The average Bonchev–Trinajstić information content (AvgIpc) is 2.41. The Morgan fingerprint density at radius 1 is 1.15 bits per heavy atom. The number of anilines is 1. The number of halogens is 1. The molecule has 2 rings (SSSR count). The van der Waals surface area contributed by atoms with Gasteiger partial charge < -0.3 is 11.1 Å². The fourth-order valence-electron chi connectivity index (χ4n) is 2.12. The maximum Gasteiger partial charge on any atom is 0.244 e. The van der Waals surface area contributed by atoms with Crippen LogP contribution in [0.3, 0.4) is 0 Å². The largest absolute Gasteiger partial charge is 0.368 e. The Balaban J connectivity index is 2.40. The number of hydrogen-bond acceptors (Lipinski definition) is 2. The van der Waals surface area contributed by atoms with Gasteiger partial charge in [0.25, 0.3) is 0 Å². The van der Waals surface area contributed by atoms with Crippen LogP contribution in [-0.4, -0.2) is 5.91 Å². The minimum Gasteiger partial charge on any atom is -0.368 e. The van der Waals surface area contributed by atoms with Crippen molar-refractivity contribution in [3.63, 3.8) is 0 Å². The molecule has 20 heavy (non-hydrogen) atoms. The molecule has 104 valence electrons. The predicted molar refractivity (Wildman–Crippen MR) is 77.9 cm³/mol. The van der Waals surface area contributed by atoms with Gasteiger partial charge >= 0.3 is 0 Å². The van der Waals surface area contributed by atoms with Crippen molar-refractivity contribution in [1.82, 2.24) is 0 Å². The minimum atomic E-state index is -0.758. The van der Waals surface area contributed by atoms with Crippen molar-refractivity contribution in [3.05, 3.63) is 65.0 Å². The van der Waals surface area contributed by atoms with Crippen LogP contribution in [0.1, 0.15) is 22.7 Å². The number of nitrogens with one attached hydrogen (secondary N) is 1. The first kappa shape index (κ1) is 14.1. The minimum absolute atomic E-state index is 0.261. The van der Waals surface area contributed by atoms with E-state index in [9.17, 15) is 9.18 Å². The summed E-state index contributed by atoms with van der Waals surface area (Å²) in [5, 5.41) is 2.88. The Bertz CT molecular complexity index is 640. The smallest absolute Gasteiger partial charge is 0.244 e. The summed E-state index contributed by atoms with van der Waals surface area (Å²) in [4.78, 5) is 11.7. The number of nitrogens with two attached hydrogens (primary N) is 1. The van der Waals surface area contributed by atoms with Gasteiger partial charge in [-0.2, -0.15) is 0 Å². The van der Waals surface area contributed by atoms with E-state index in [0.29, 0.717) is 0 Å². The number of carbonyl (C=O) groups excluding carboxylic acids is 1. The van der Waals surface area contributed by atoms with E-state index in [-0.39, 0.29) is 5.69 Å². The molecule has 0 aromatic heterocycles. The number of amides is 1. The highest BCUT2D eigenvalue weighted by atomic mass is 19.1. The molecule has 1 atom stereocenters. The van der Waals surface area contributed by atoms with Crippen LogP contribution in [0, 0.1) is 19.7 Å². The highest BCUT2D eigenvalue weighted by Crippen LogP contribution is 2.25. The van der Waals surface area contributed by atoms with E-state index in [0.717, 1.165) is 16.7 Å². The molecule has 2 aromatic carbocycles. The Labute approximate surface area is 117 Å². The van der Waals surface area contributed by atoms with E-state index in [4.69, 9.17) is 5.73 Å². The second-order valence-corrected chi connectivity index (χ2v) is 4.75. The van der Waals surface area contributed by atoms with E-state index in [1.165, 1.54) is 6.07 Å². The van der Waals surface area contributed by atoms with Gasteiger partial charge in [0.05, 0.1) is 5.69 Å². The van der Waals surface area contributed by atoms with Gasteiger partial charge in [-0.15, -0.1) is 0 Å². The molecule has 0 saturated heterocycles. The topological polar surface area (TPSA) is 55.1 Å². The van der Waals surface area contributed by atoms with E-state index in [1.807, 2.05) is 32.0 Å². The lowest BCUT2D eigenvalue weighted by atomic mass is 9.97. The van der Waals surface area contributed by atoms with Crippen LogP contribution in [0.5, 0.6) is 0 Å². The summed E-state index contributed by atoms with van der Waals surface area (Å²) in [6, 6.07) is 11.1. The lowest BCUT2D eigenvalue weighted by Crippen LogP contribution is -2.28. The molecule has 0 bridgehead atoms. The molecule has 1 amide bonds. The molecule has 3 N–H and O–H groups in total. The van der Waals surface area contributed by atoms with Crippen molar-refractivity contribution in [1.29, 1.82) is 0 Å². The lowest BCUT2D eigenvalue weighted by Gasteiger charge is -2.20. The van der Waals surface area contributed by atoms with Crippen LogP contribution < -0.4 is 11.1 Å². The molecule has 0 saturated carbocycles. The third-order valence-electron chi connectivity index (χ3n) is 3.42. The van der Waals surface area contributed by atoms with Crippen molar-refractivity contribution >= 4 is 11.6 Å². The Morgan fingerprint density at radius 2 is 1.85 bits per heavy atom. The second-order valence-electron chi connectivity index (χ2n) is 4.75. The molecule has 0 aliphatic carbocycles. The first-order valence-corrected chi connectivity index (χ1v) is 6.37. The monoisotopic (exact) mass is 272 g/mol. The first-order chi connectivity index (χ1) is 9.50. The number of hydrogen-bond donors (Lipinski definition) is 2. The quantitative estimate of drug-likeness (QED) is 0.898. The van der Waals surface area contributed by atoms with E-state index < -0.39 is 17.8 Å². The Hall–Kier alpha value is -2.36. The zero-order valence-electron chi connectivity index (χ0n) is 11.5. The van der Waals surface area contributed by atoms with Crippen molar-refractivity contribution < 1.29 is 9.18 Å². The Kier molecular flexibility index (Phi) is 4.03. The van der Waals surface area contributed by atoms with Crippen LogP contribution in [-0.2, 0) is 4.79 Å². The maximum absolute atomic E-state index is 13.7. The number of aryl methyl sites for hydroxylation is 1. The standard InChI is InChI=1S/C16H17FN2O/c1-10-6-5-7-12(11(10)2)15(16(18)20)19-14-9-4-3-8-13(14)17/h3-9,15,19H,1-2H3,(H2,18,20). The number of benzene rings is 2. The summed E-state index contributed by atoms with van der Waals surface area (Å²) >= 11 is 0. The molecule has 0 aliphatic heterocycles. The zero-order valence-corrected chi connectivity index (χ0v) is 11.5. The van der Waals surface area contributed by atoms with Crippen molar-refractivity contribution in [2.45, 2.75) is 19.9 Å². The molecule has 3 nitrogen and oxygen atoms in total. The van der Waals surface area contributed by atoms with Gasteiger partial charge in [0, 0.05) is 0 Å². The van der Waals surface area contributed by atoms with Gasteiger partial charge in [-0.05, 0) is 42.7 Å². The predicted octanol–water partition coefficient (Wildman–Crippen LogP) is 3.08. The van der Waals surface area contributed by atoms with Gasteiger partial charge in [0.2, 0.25) is 5.91 Å². The van der Waals surface area contributed by atoms with E-state index >= 15 is 0 Å². The van der Waals surface area contributed by atoms with Crippen molar-refractivity contribution in [2.75, 3.05) is 5.32 Å². The van der Waals surface area contributed by atoms with Crippen LogP contribution in [0.25, 0.3) is 0 Å². The second kappa shape index (κ2) is 5.74. The molecule has 0 radical (unpaired) electrons. The van der Waals surface area contributed by atoms with Gasteiger partial charge in [-0.1, -0.05) is 30.3 Å². The maximum atomic E-state index is 13.7. The fraction of sp³-hybridized carbons (Fsp3) is 0.188. The molecule has 0 aliphatic rings.